The lowest BCUT2D eigenvalue weighted by atomic mass is 10.1. The van der Waals surface area contributed by atoms with Crippen LogP contribution in [0.25, 0.3) is 6.08 Å². The molecule has 0 bridgehead atoms. The minimum atomic E-state index is -0.201. The van der Waals surface area contributed by atoms with Gasteiger partial charge in [-0.05, 0) is 36.3 Å². The first-order chi connectivity index (χ1) is 11.0. The van der Waals surface area contributed by atoms with Gasteiger partial charge >= 0.3 is 0 Å². The molecule has 1 fully saturated rings. The third kappa shape index (κ3) is 2.75. The van der Waals surface area contributed by atoms with Crippen molar-refractivity contribution in [3.05, 3.63) is 52.4 Å². The molecule has 1 aliphatic rings. The van der Waals surface area contributed by atoms with E-state index in [1.54, 1.807) is 17.8 Å². The lowest BCUT2D eigenvalue weighted by Gasteiger charge is -2.17. The number of nitrogens with one attached hydrogen (secondary N) is 1. The molecule has 1 saturated heterocycles. The second kappa shape index (κ2) is 6.14. The standard InChI is InChI=1S/C16H15ClN4OS/c1-3-10-6-4-5-7-13(10)21-15(22)12(19-16(21)23)8-14-11(17)9-18-20(14)2/h4-9H,3H2,1-2H3,(H,19,23)/b12-8+. The van der Waals surface area contributed by atoms with Crippen molar-refractivity contribution in [3.63, 3.8) is 0 Å². The van der Waals surface area contributed by atoms with Crippen molar-refractivity contribution in [2.45, 2.75) is 13.3 Å². The van der Waals surface area contributed by atoms with Crippen molar-refractivity contribution in [1.29, 1.82) is 0 Å². The van der Waals surface area contributed by atoms with Crippen molar-refractivity contribution < 1.29 is 4.79 Å². The predicted octanol–water partition coefficient (Wildman–Crippen LogP) is 2.90. The Labute approximate surface area is 144 Å². The monoisotopic (exact) mass is 346 g/mol. The van der Waals surface area contributed by atoms with E-state index in [4.69, 9.17) is 23.8 Å². The maximum atomic E-state index is 12.8. The number of rotatable bonds is 3. The Morgan fingerprint density at radius 1 is 1.39 bits per heavy atom. The molecule has 0 atom stereocenters. The van der Waals surface area contributed by atoms with Gasteiger partial charge in [-0.2, -0.15) is 5.10 Å². The summed E-state index contributed by atoms with van der Waals surface area (Å²) in [5.74, 6) is -0.201. The van der Waals surface area contributed by atoms with E-state index in [1.165, 1.54) is 11.1 Å². The van der Waals surface area contributed by atoms with Gasteiger partial charge in [0.25, 0.3) is 5.91 Å². The molecule has 2 heterocycles. The first kappa shape index (κ1) is 15.7. The molecule has 1 aliphatic heterocycles. The van der Waals surface area contributed by atoms with Crippen LogP contribution in [0, 0.1) is 0 Å². The van der Waals surface area contributed by atoms with Gasteiger partial charge in [0.05, 0.1) is 22.6 Å². The third-order valence-electron chi connectivity index (χ3n) is 3.71. The van der Waals surface area contributed by atoms with Gasteiger partial charge in [-0.15, -0.1) is 0 Å². The molecule has 2 aromatic rings. The molecule has 0 radical (unpaired) electrons. The number of thiocarbonyl (C=S) groups is 1. The van der Waals surface area contributed by atoms with Gasteiger partial charge in [0, 0.05) is 7.05 Å². The summed E-state index contributed by atoms with van der Waals surface area (Å²) >= 11 is 11.4. The van der Waals surface area contributed by atoms with Gasteiger partial charge in [-0.25, -0.2) is 0 Å². The summed E-state index contributed by atoms with van der Waals surface area (Å²) in [4.78, 5) is 14.3. The van der Waals surface area contributed by atoms with E-state index >= 15 is 0 Å². The molecule has 3 rings (SSSR count). The Hall–Kier alpha value is -2.18. The highest BCUT2D eigenvalue weighted by molar-refractivity contribution is 7.80. The van der Waals surface area contributed by atoms with Crippen molar-refractivity contribution in [1.82, 2.24) is 15.1 Å². The summed E-state index contributed by atoms with van der Waals surface area (Å²) in [5.41, 5.74) is 2.89. The van der Waals surface area contributed by atoms with Gasteiger partial charge in [0.15, 0.2) is 5.11 Å². The predicted molar refractivity (Wildman–Crippen MR) is 95.2 cm³/mol. The second-order valence-electron chi connectivity index (χ2n) is 5.11. The number of para-hydroxylation sites is 1. The third-order valence-corrected chi connectivity index (χ3v) is 4.29. The van der Waals surface area contributed by atoms with Crippen molar-refractivity contribution in [3.8, 4) is 0 Å². The number of hydrogen-bond acceptors (Lipinski definition) is 3. The first-order valence-corrected chi connectivity index (χ1v) is 7.94. The molecule has 23 heavy (non-hydrogen) atoms. The highest BCUT2D eigenvalue weighted by atomic mass is 35.5. The molecule has 1 aromatic heterocycles. The van der Waals surface area contributed by atoms with Gasteiger partial charge in [-0.3, -0.25) is 14.4 Å². The van der Waals surface area contributed by atoms with Crippen LogP contribution < -0.4 is 10.2 Å². The van der Waals surface area contributed by atoms with Crippen LogP contribution in [0.3, 0.4) is 0 Å². The van der Waals surface area contributed by atoms with Crippen molar-refractivity contribution in [2.24, 2.45) is 7.05 Å². The smallest absolute Gasteiger partial charge is 0.281 e. The summed E-state index contributed by atoms with van der Waals surface area (Å²) in [6.07, 6.45) is 4.02. The average molecular weight is 347 g/mol. The Kier molecular flexibility index (Phi) is 4.19. The van der Waals surface area contributed by atoms with E-state index in [2.05, 4.69) is 10.4 Å². The van der Waals surface area contributed by atoms with Crippen LogP contribution in [0.2, 0.25) is 5.02 Å². The zero-order valence-corrected chi connectivity index (χ0v) is 14.3. The van der Waals surface area contributed by atoms with Crippen LogP contribution in [0.15, 0.2) is 36.2 Å². The summed E-state index contributed by atoms with van der Waals surface area (Å²) in [6, 6.07) is 7.73. The number of hydrogen-bond donors (Lipinski definition) is 1. The average Bonchev–Trinajstić information content (AvgIpc) is 3.01. The van der Waals surface area contributed by atoms with Crippen LogP contribution in [0.4, 0.5) is 5.69 Å². The lowest BCUT2D eigenvalue weighted by Crippen LogP contribution is -2.31. The summed E-state index contributed by atoms with van der Waals surface area (Å²) in [5, 5.41) is 7.87. The number of carbonyl (C=O) groups is 1. The minimum absolute atomic E-state index is 0.201. The zero-order chi connectivity index (χ0) is 16.6. The van der Waals surface area contributed by atoms with Crippen molar-refractivity contribution in [2.75, 3.05) is 4.90 Å². The molecule has 5 nitrogen and oxygen atoms in total. The maximum Gasteiger partial charge on any atom is 0.281 e. The van der Waals surface area contributed by atoms with E-state index in [9.17, 15) is 4.79 Å². The van der Waals surface area contributed by atoms with E-state index in [0.717, 1.165) is 17.7 Å². The van der Waals surface area contributed by atoms with E-state index in [1.807, 2.05) is 31.2 Å². The van der Waals surface area contributed by atoms with Gasteiger partial charge in [0.1, 0.15) is 5.70 Å². The zero-order valence-electron chi connectivity index (χ0n) is 12.7. The number of nitrogens with zero attached hydrogens (tertiary/aromatic N) is 3. The van der Waals surface area contributed by atoms with E-state index < -0.39 is 0 Å². The van der Waals surface area contributed by atoms with Crippen LogP contribution in [-0.4, -0.2) is 20.8 Å². The highest BCUT2D eigenvalue weighted by Gasteiger charge is 2.33. The van der Waals surface area contributed by atoms with Gasteiger partial charge in [-0.1, -0.05) is 36.7 Å². The number of aryl methyl sites for hydroxylation is 2. The molecule has 7 heteroatoms. The Morgan fingerprint density at radius 2 is 2.13 bits per heavy atom. The molecule has 1 amide bonds. The Balaban J connectivity index is 2.01. The molecule has 0 saturated carbocycles. The SMILES string of the molecule is CCc1ccccc1N1C(=O)/C(=C\c2c(Cl)cnn2C)NC1=S. The minimum Gasteiger partial charge on any atom is -0.327 e. The molecule has 0 spiro atoms. The van der Waals surface area contributed by atoms with Crippen LogP contribution in [0.1, 0.15) is 18.2 Å². The van der Waals surface area contributed by atoms with Crippen LogP contribution in [0.5, 0.6) is 0 Å². The van der Waals surface area contributed by atoms with E-state index in [-0.39, 0.29) is 5.91 Å². The molecule has 1 N–H and O–H groups in total. The lowest BCUT2D eigenvalue weighted by molar-refractivity contribution is -0.113. The quantitative estimate of drug-likeness (QED) is 0.686. The fraction of sp³-hybridized carbons (Fsp3) is 0.188. The summed E-state index contributed by atoms with van der Waals surface area (Å²) < 4.78 is 1.61. The topological polar surface area (TPSA) is 50.2 Å². The molecular weight excluding hydrogens is 332 g/mol. The van der Waals surface area contributed by atoms with Gasteiger partial charge < -0.3 is 5.32 Å². The summed E-state index contributed by atoms with van der Waals surface area (Å²) in [6.45, 7) is 2.04. The fourth-order valence-corrected chi connectivity index (χ4v) is 3.01. The molecule has 0 unspecified atom stereocenters. The normalized spacial score (nSPS) is 16.3. The number of amides is 1. The number of aromatic nitrogens is 2. The highest BCUT2D eigenvalue weighted by Crippen LogP contribution is 2.27. The van der Waals surface area contributed by atoms with Crippen molar-refractivity contribution >= 4 is 46.6 Å². The molecule has 1 aromatic carbocycles. The largest absolute Gasteiger partial charge is 0.327 e. The number of halogens is 1. The second-order valence-corrected chi connectivity index (χ2v) is 5.91. The number of benzene rings is 1. The first-order valence-electron chi connectivity index (χ1n) is 7.15. The van der Waals surface area contributed by atoms with Gasteiger partial charge in [0.2, 0.25) is 0 Å². The maximum absolute atomic E-state index is 12.8. The molecule has 118 valence electrons. The Bertz CT molecular complexity index is 808. The van der Waals surface area contributed by atoms with E-state index in [0.29, 0.717) is 21.5 Å². The number of anilines is 1. The van der Waals surface area contributed by atoms with Crippen LogP contribution >= 0.6 is 23.8 Å². The molecular formula is C16H15ClN4OS. The summed E-state index contributed by atoms with van der Waals surface area (Å²) in [7, 11) is 1.76. The Morgan fingerprint density at radius 3 is 2.78 bits per heavy atom. The number of carbonyl (C=O) groups excluding carboxylic acids is 1. The molecule has 0 aliphatic carbocycles. The fourth-order valence-electron chi connectivity index (χ4n) is 2.50. The van der Waals surface area contributed by atoms with Crippen LogP contribution in [-0.2, 0) is 18.3 Å².